The van der Waals surface area contributed by atoms with Crippen molar-refractivity contribution in [2.75, 3.05) is 20.3 Å². The molecule has 0 bridgehead atoms. The monoisotopic (exact) mass is 239 g/mol. The van der Waals surface area contributed by atoms with Crippen LogP contribution in [0.5, 0.6) is 0 Å². The lowest BCUT2D eigenvalue weighted by atomic mass is 9.78. The summed E-state index contributed by atoms with van der Waals surface area (Å²) >= 11 is 0. The van der Waals surface area contributed by atoms with Crippen LogP contribution in [0.2, 0.25) is 0 Å². The highest BCUT2D eigenvalue weighted by atomic mass is 16.5. The van der Waals surface area contributed by atoms with E-state index in [0.717, 1.165) is 38.2 Å². The second kappa shape index (κ2) is 5.87. The van der Waals surface area contributed by atoms with E-state index in [4.69, 9.17) is 9.47 Å². The molecule has 1 aliphatic carbocycles. The number of nitrogens with one attached hydrogen (secondary N) is 1. The Labute approximate surface area is 105 Å². The van der Waals surface area contributed by atoms with Crippen LogP contribution < -0.4 is 5.32 Å². The van der Waals surface area contributed by atoms with Gasteiger partial charge in [-0.25, -0.2) is 0 Å². The molecule has 1 atom stereocenters. The summed E-state index contributed by atoms with van der Waals surface area (Å²) in [5.41, 5.74) is -0.0512. The van der Waals surface area contributed by atoms with E-state index in [1.165, 1.54) is 19.3 Å². The van der Waals surface area contributed by atoms with Gasteiger partial charge in [0.15, 0.2) is 0 Å². The van der Waals surface area contributed by atoms with E-state index >= 15 is 0 Å². The third-order valence-corrected chi connectivity index (χ3v) is 4.06. The van der Waals surface area contributed by atoms with Crippen molar-refractivity contribution in [3.63, 3.8) is 0 Å². The maximum atomic E-state index is 5.92. The first-order valence-corrected chi connectivity index (χ1v) is 6.94. The highest BCUT2D eigenvalue weighted by Gasteiger charge is 2.42. The zero-order valence-corrected chi connectivity index (χ0v) is 11.1. The summed E-state index contributed by atoms with van der Waals surface area (Å²) in [6.45, 7) is 3.93. The summed E-state index contributed by atoms with van der Waals surface area (Å²) in [6.07, 6.45) is 9.42. The topological polar surface area (TPSA) is 30.5 Å². The van der Waals surface area contributed by atoms with Gasteiger partial charge in [0.25, 0.3) is 0 Å². The van der Waals surface area contributed by atoms with Crippen molar-refractivity contribution >= 4 is 0 Å². The molecule has 98 valence electrons. The van der Waals surface area contributed by atoms with Gasteiger partial charge in [-0.05, 0) is 25.5 Å². The van der Waals surface area contributed by atoms with E-state index in [0.29, 0.717) is 0 Å². The molecule has 1 unspecified atom stereocenters. The van der Waals surface area contributed by atoms with Gasteiger partial charge in [-0.15, -0.1) is 0 Å². The molecular formula is C14H25NO2. The Bertz CT molecular complexity index is 269. The third kappa shape index (κ3) is 2.66. The molecule has 0 saturated heterocycles. The van der Waals surface area contributed by atoms with Crippen LogP contribution in [-0.4, -0.2) is 31.9 Å². The van der Waals surface area contributed by atoms with E-state index in [1.54, 1.807) is 0 Å². The molecule has 0 spiro atoms. The minimum atomic E-state index is -0.0512. The molecule has 0 radical (unpaired) electrons. The Morgan fingerprint density at radius 3 is 2.71 bits per heavy atom. The molecule has 1 fully saturated rings. The molecule has 1 saturated carbocycles. The van der Waals surface area contributed by atoms with E-state index < -0.39 is 0 Å². The number of methoxy groups -OCH3 is 1. The maximum Gasteiger partial charge on any atom is 0.112 e. The second-order valence-corrected chi connectivity index (χ2v) is 5.06. The van der Waals surface area contributed by atoms with E-state index in [1.807, 2.05) is 7.11 Å². The highest BCUT2D eigenvalue weighted by Crippen LogP contribution is 2.37. The quantitative estimate of drug-likeness (QED) is 0.800. The summed E-state index contributed by atoms with van der Waals surface area (Å²) in [5, 5.41) is 3.57. The Morgan fingerprint density at radius 1 is 1.41 bits per heavy atom. The number of likely N-dealkylation sites (N-methyl/N-ethyl adjacent to an activating group) is 1. The lowest BCUT2D eigenvalue weighted by Gasteiger charge is -2.42. The average Bonchev–Trinajstić information content (AvgIpc) is 2.90. The normalized spacial score (nSPS) is 25.2. The summed E-state index contributed by atoms with van der Waals surface area (Å²) in [4.78, 5) is 0. The average molecular weight is 239 g/mol. The molecule has 1 heterocycles. The van der Waals surface area contributed by atoms with Gasteiger partial charge in [-0.1, -0.05) is 26.2 Å². The van der Waals surface area contributed by atoms with Gasteiger partial charge in [-0.3, -0.25) is 0 Å². The molecular weight excluding hydrogens is 214 g/mol. The van der Waals surface area contributed by atoms with Gasteiger partial charge < -0.3 is 14.8 Å². The number of hydrogen-bond donors (Lipinski definition) is 1. The molecule has 2 aliphatic rings. The van der Waals surface area contributed by atoms with Crippen molar-refractivity contribution in [1.29, 1.82) is 0 Å². The molecule has 0 aromatic carbocycles. The van der Waals surface area contributed by atoms with Gasteiger partial charge in [0.2, 0.25) is 0 Å². The van der Waals surface area contributed by atoms with Crippen molar-refractivity contribution in [2.24, 2.45) is 0 Å². The van der Waals surface area contributed by atoms with Gasteiger partial charge in [0.1, 0.15) is 5.76 Å². The van der Waals surface area contributed by atoms with Gasteiger partial charge in [-0.2, -0.15) is 0 Å². The van der Waals surface area contributed by atoms with E-state index in [-0.39, 0.29) is 11.6 Å². The molecule has 0 aromatic heterocycles. The summed E-state index contributed by atoms with van der Waals surface area (Å²) in [5.74, 6) is 1.11. The molecule has 0 amide bonds. The molecule has 3 nitrogen and oxygen atoms in total. The zero-order chi connectivity index (χ0) is 12.1. The predicted octanol–water partition coefficient (Wildman–Crippen LogP) is 2.62. The Balaban J connectivity index is 2.16. The number of ether oxygens (including phenoxy) is 2. The lowest BCUT2D eigenvalue weighted by molar-refractivity contribution is -0.0682. The van der Waals surface area contributed by atoms with Crippen molar-refractivity contribution < 1.29 is 9.47 Å². The van der Waals surface area contributed by atoms with E-state index in [9.17, 15) is 0 Å². The zero-order valence-electron chi connectivity index (χ0n) is 11.1. The van der Waals surface area contributed by atoms with Crippen LogP contribution in [0, 0.1) is 0 Å². The molecule has 1 aliphatic heterocycles. The van der Waals surface area contributed by atoms with Crippen LogP contribution in [0.15, 0.2) is 11.8 Å². The Kier molecular flexibility index (Phi) is 4.46. The van der Waals surface area contributed by atoms with E-state index in [2.05, 4.69) is 18.3 Å². The van der Waals surface area contributed by atoms with Crippen LogP contribution >= 0.6 is 0 Å². The summed E-state index contributed by atoms with van der Waals surface area (Å²) in [6, 6.07) is 0.236. The van der Waals surface area contributed by atoms with Crippen LogP contribution in [-0.2, 0) is 9.47 Å². The first kappa shape index (κ1) is 12.9. The van der Waals surface area contributed by atoms with Crippen LogP contribution in [0.1, 0.15) is 45.4 Å². The number of hydrogen-bond acceptors (Lipinski definition) is 3. The predicted molar refractivity (Wildman–Crippen MR) is 68.9 cm³/mol. The number of rotatable bonds is 5. The summed E-state index contributed by atoms with van der Waals surface area (Å²) in [7, 11) is 1.85. The first-order valence-electron chi connectivity index (χ1n) is 6.94. The Morgan fingerprint density at radius 2 is 2.18 bits per heavy atom. The smallest absolute Gasteiger partial charge is 0.112 e. The SMILES string of the molecule is CCNC(C1=CCCO1)C1(OC)CCCCC1. The fraction of sp³-hybridized carbons (Fsp3) is 0.857. The highest BCUT2D eigenvalue weighted by molar-refractivity contribution is 5.15. The molecule has 1 N–H and O–H groups in total. The standard InChI is InChI=1S/C14H25NO2/c1-3-15-13(12-8-7-11-17-12)14(16-2)9-5-4-6-10-14/h8,13,15H,3-7,9-11H2,1-2H3. The fourth-order valence-corrected chi connectivity index (χ4v) is 3.15. The first-order chi connectivity index (χ1) is 8.32. The molecule has 3 heteroatoms. The largest absolute Gasteiger partial charge is 0.496 e. The van der Waals surface area contributed by atoms with Crippen molar-refractivity contribution in [3.8, 4) is 0 Å². The van der Waals surface area contributed by atoms with Crippen molar-refractivity contribution in [2.45, 2.75) is 57.1 Å². The third-order valence-electron chi connectivity index (χ3n) is 4.06. The fourth-order valence-electron chi connectivity index (χ4n) is 3.15. The maximum absolute atomic E-state index is 5.92. The minimum absolute atomic E-state index is 0.0512. The van der Waals surface area contributed by atoms with Gasteiger partial charge >= 0.3 is 0 Å². The minimum Gasteiger partial charge on any atom is -0.496 e. The van der Waals surface area contributed by atoms with Crippen LogP contribution in [0.4, 0.5) is 0 Å². The van der Waals surface area contributed by atoms with Crippen LogP contribution in [0.25, 0.3) is 0 Å². The van der Waals surface area contributed by atoms with Crippen molar-refractivity contribution in [1.82, 2.24) is 5.32 Å². The molecule has 17 heavy (non-hydrogen) atoms. The molecule has 0 aromatic rings. The van der Waals surface area contributed by atoms with Gasteiger partial charge in [0.05, 0.1) is 18.2 Å². The van der Waals surface area contributed by atoms with Gasteiger partial charge in [0, 0.05) is 13.5 Å². The van der Waals surface area contributed by atoms with Crippen molar-refractivity contribution in [3.05, 3.63) is 11.8 Å². The lowest BCUT2D eigenvalue weighted by Crippen LogP contribution is -2.54. The Hall–Kier alpha value is -0.540. The summed E-state index contributed by atoms with van der Waals surface area (Å²) < 4.78 is 11.7. The van der Waals surface area contributed by atoms with Crippen LogP contribution in [0.3, 0.4) is 0 Å². The second-order valence-electron chi connectivity index (χ2n) is 5.06. The molecule has 2 rings (SSSR count).